The van der Waals surface area contributed by atoms with E-state index in [0.29, 0.717) is 0 Å². The van der Waals surface area contributed by atoms with E-state index in [9.17, 15) is 0 Å². The third-order valence-corrected chi connectivity index (χ3v) is 4.42. The topological polar surface area (TPSA) is 34.1 Å². The Kier molecular flexibility index (Phi) is 4.22. The average Bonchev–Trinajstić information content (AvgIpc) is 2.71. The molecule has 2 rings (SSSR count). The zero-order valence-electron chi connectivity index (χ0n) is 12.1. The Morgan fingerprint density at radius 2 is 2.00 bits per heavy atom. The molecule has 1 N–H and O–H groups in total. The minimum atomic E-state index is 0.192. The number of aromatic nitrogens is 1. The molecular weight excluding hydrogens is 256 g/mol. The minimum absolute atomic E-state index is 0.192. The molecule has 2 aromatic rings. The lowest BCUT2D eigenvalue weighted by atomic mass is 9.99. The van der Waals surface area contributed by atoms with Crippen molar-refractivity contribution in [2.75, 3.05) is 14.2 Å². The second kappa shape index (κ2) is 5.72. The van der Waals surface area contributed by atoms with Crippen LogP contribution in [0.25, 0.3) is 0 Å². The summed E-state index contributed by atoms with van der Waals surface area (Å²) >= 11 is 1.76. The highest BCUT2D eigenvalue weighted by Crippen LogP contribution is 2.32. The van der Waals surface area contributed by atoms with E-state index in [1.807, 2.05) is 13.1 Å². The van der Waals surface area contributed by atoms with Crippen molar-refractivity contribution in [3.05, 3.63) is 44.9 Å². The van der Waals surface area contributed by atoms with Crippen molar-refractivity contribution >= 4 is 11.3 Å². The van der Waals surface area contributed by atoms with Crippen molar-refractivity contribution in [3.8, 4) is 5.75 Å². The first-order valence-corrected chi connectivity index (χ1v) is 7.14. The molecule has 1 aromatic heterocycles. The number of nitrogens with one attached hydrogen (secondary N) is 1. The van der Waals surface area contributed by atoms with Crippen molar-refractivity contribution in [2.45, 2.75) is 26.8 Å². The summed E-state index contributed by atoms with van der Waals surface area (Å²) in [6.07, 6.45) is 0. The fraction of sp³-hybridized carbons (Fsp3) is 0.400. The van der Waals surface area contributed by atoms with Gasteiger partial charge in [0.1, 0.15) is 5.75 Å². The van der Waals surface area contributed by atoms with E-state index in [0.717, 1.165) is 16.5 Å². The number of rotatable bonds is 4. The van der Waals surface area contributed by atoms with E-state index in [-0.39, 0.29) is 6.04 Å². The third kappa shape index (κ3) is 2.80. The number of thiazole rings is 1. The quantitative estimate of drug-likeness (QED) is 0.929. The zero-order valence-corrected chi connectivity index (χ0v) is 12.9. The number of benzene rings is 1. The Hall–Kier alpha value is -1.39. The van der Waals surface area contributed by atoms with Gasteiger partial charge in [0.05, 0.1) is 23.9 Å². The Morgan fingerprint density at radius 3 is 2.47 bits per heavy atom. The summed E-state index contributed by atoms with van der Waals surface area (Å²) in [6.45, 7) is 6.24. The van der Waals surface area contributed by atoms with Crippen LogP contribution in [0.15, 0.2) is 18.2 Å². The van der Waals surface area contributed by atoms with E-state index in [2.05, 4.69) is 43.2 Å². The molecule has 3 nitrogen and oxygen atoms in total. The van der Waals surface area contributed by atoms with Gasteiger partial charge >= 0.3 is 0 Å². The van der Waals surface area contributed by atoms with Crippen molar-refractivity contribution in [1.82, 2.24) is 10.3 Å². The largest absolute Gasteiger partial charge is 0.497 e. The normalized spacial score (nSPS) is 12.5. The maximum Gasteiger partial charge on any atom is 0.119 e. The first kappa shape index (κ1) is 14.0. The molecule has 0 saturated carbocycles. The highest BCUT2D eigenvalue weighted by atomic mass is 32.1. The number of aryl methyl sites for hydroxylation is 3. The van der Waals surface area contributed by atoms with Gasteiger partial charge in [-0.25, -0.2) is 4.98 Å². The Balaban J connectivity index is 2.45. The molecule has 0 saturated heterocycles. The molecule has 19 heavy (non-hydrogen) atoms. The molecule has 1 heterocycles. The smallest absolute Gasteiger partial charge is 0.119 e. The summed E-state index contributed by atoms with van der Waals surface area (Å²) in [5.41, 5.74) is 3.61. The zero-order chi connectivity index (χ0) is 14.0. The van der Waals surface area contributed by atoms with Crippen molar-refractivity contribution in [3.63, 3.8) is 0 Å². The SMILES string of the molecule is CNC(c1ccc(OC)cc1C)c1sc(C)nc1C. The molecule has 1 aromatic carbocycles. The predicted molar refractivity (Wildman–Crippen MR) is 80.2 cm³/mol. The van der Waals surface area contributed by atoms with Crippen LogP contribution in [0.4, 0.5) is 0 Å². The number of hydrogen-bond donors (Lipinski definition) is 1. The number of ether oxygens (including phenoxy) is 1. The van der Waals surface area contributed by atoms with Crippen LogP contribution in [0, 0.1) is 20.8 Å². The summed E-state index contributed by atoms with van der Waals surface area (Å²) in [5.74, 6) is 0.897. The maximum atomic E-state index is 5.27. The van der Waals surface area contributed by atoms with Crippen LogP contribution in [0.2, 0.25) is 0 Å². The monoisotopic (exact) mass is 276 g/mol. The first-order chi connectivity index (χ1) is 9.06. The summed E-state index contributed by atoms with van der Waals surface area (Å²) < 4.78 is 5.27. The summed E-state index contributed by atoms with van der Waals surface area (Å²) in [7, 11) is 3.68. The molecule has 0 aliphatic carbocycles. The molecule has 4 heteroatoms. The Morgan fingerprint density at radius 1 is 1.26 bits per heavy atom. The van der Waals surface area contributed by atoms with Gasteiger partial charge in [0.15, 0.2) is 0 Å². The lowest BCUT2D eigenvalue weighted by Crippen LogP contribution is -2.18. The van der Waals surface area contributed by atoms with Gasteiger partial charge in [0.25, 0.3) is 0 Å². The first-order valence-electron chi connectivity index (χ1n) is 6.32. The standard InChI is InChI=1S/C15H20N2OS/c1-9-8-12(18-5)6-7-13(9)14(16-4)15-10(2)17-11(3)19-15/h6-8,14,16H,1-5H3. The fourth-order valence-electron chi connectivity index (χ4n) is 2.34. The molecule has 0 fully saturated rings. The van der Waals surface area contributed by atoms with E-state index in [1.54, 1.807) is 18.4 Å². The molecule has 102 valence electrons. The predicted octanol–water partition coefficient (Wildman–Crippen LogP) is 3.39. The lowest BCUT2D eigenvalue weighted by Gasteiger charge is -2.18. The van der Waals surface area contributed by atoms with Gasteiger partial charge in [-0.15, -0.1) is 11.3 Å². The van der Waals surface area contributed by atoms with E-state index in [4.69, 9.17) is 4.74 Å². The summed E-state index contributed by atoms with van der Waals surface area (Å²) in [6, 6.07) is 6.40. The molecule has 0 aliphatic heterocycles. The van der Waals surface area contributed by atoms with Crippen LogP contribution in [0.1, 0.15) is 32.7 Å². The van der Waals surface area contributed by atoms with Gasteiger partial charge in [-0.3, -0.25) is 0 Å². The van der Waals surface area contributed by atoms with Gasteiger partial charge in [0, 0.05) is 4.88 Å². The molecule has 0 aliphatic rings. The highest BCUT2D eigenvalue weighted by molar-refractivity contribution is 7.11. The van der Waals surface area contributed by atoms with Gasteiger partial charge in [0.2, 0.25) is 0 Å². The average molecular weight is 276 g/mol. The fourth-order valence-corrected chi connectivity index (χ4v) is 3.40. The minimum Gasteiger partial charge on any atom is -0.497 e. The second-order valence-corrected chi connectivity index (χ2v) is 5.86. The van der Waals surface area contributed by atoms with E-state index < -0.39 is 0 Å². The molecule has 1 unspecified atom stereocenters. The van der Waals surface area contributed by atoms with Crippen LogP contribution in [0.5, 0.6) is 5.75 Å². The lowest BCUT2D eigenvalue weighted by molar-refractivity contribution is 0.414. The van der Waals surface area contributed by atoms with Crippen molar-refractivity contribution in [2.24, 2.45) is 0 Å². The van der Waals surface area contributed by atoms with Crippen LogP contribution in [-0.4, -0.2) is 19.1 Å². The molecule has 1 atom stereocenters. The highest BCUT2D eigenvalue weighted by Gasteiger charge is 2.19. The number of methoxy groups -OCH3 is 1. The van der Waals surface area contributed by atoms with Gasteiger partial charge in [-0.1, -0.05) is 6.07 Å². The van der Waals surface area contributed by atoms with E-state index in [1.165, 1.54) is 16.0 Å². The maximum absolute atomic E-state index is 5.27. The Labute approximate surface area is 118 Å². The van der Waals surface area contributed by atoms with Gasteiger partial charge in [-0.2, -0.15) is 0 Å². The van der Waals surface area contributed by atoms with Crippen LogP contribution >= 0.6 is 11.3 Å². The van der Waals surface area contributed by atoms with Crippen molar-refractivity contribution < 1.29 is 4.74 Å². The Bertz CT molecular complexity index is 578. The van der Waals surface area contributed by atoms with E-state index >= 15 is 0 Å². The third-order valence-electron chi connectivity index (χ3n) is 3.28. The van der Waals surface area contributed by atoms with Gasteiger partial charge in [-0.05, 0) is 51.1 Å². The summed E-state index contributed by atoms with van der Waals surface area (Å²) in [4.78, 5) is 5.81. The number of nitrogens with zero attached hydrogens (tertiary/aromatic N) is 1. The second-order valence-electron chi connectivity index (χ2n) is 4.63. The van der Waals surface area contributed by atoms with Crippen LogP contribution < -0.4 is 10.1 Å². The molecular formula is C15H20N2OS. The molecule has 0 spiro atoms. The molecule has 0 radical (unpaired) electrons. The van der Waals surface area contributed by atoms with Crippen LogP contribution in [0.3, 0.4) is 0 Å². The van der Waals surface area contributed by atoms with Crippen molar-refractivity contribution in [1.29, 1.82) is 0 Å². The summed E-state index contributed by atoms with van der Waals surface area (Å²) in [5, 5.41) is 4.51. The molecule has 0 bridgehead atoms. The van der Waals surface area contributed by atoms with Crippen LogP contribution in [-0.2, 0) is 0 Å². The number of hydrogen-bond acceptors (Lipinski definition) is 4. The molecule has 0 amide bonds. The van der Waals surface area contributed by atoms with Gasteiger partial charge < -0.3 is 10.1 Å².